The molecule has 1 amide bonds. The lowest BCUT2D eigenvalue weighted by atomic mass is 10.2. The standard InChI is InChI=1S/C17H12BrF3N4OS2/c18-14-5-4-13(28-14)8-22-25-15(26)7-12-9-27-16(24-12)23-11-3-1-2-10(6-11)17(19,20)21/h1-6,8-9H,7H2,(H,23,24)(H,25,26)/b22-8-. The van der Waals surface area contributed by atoms with E-state index in [1.54, 1.807) is 5.38 Å². The first-order valence-electron chi connectivity index (χ1n) is 7.75. The Hall–Kier alpha value is -2.24. The van der Waals surface area contributed by atoms with E-state index in [0.717, 1.165) is 20.8 Å². The molecule has 1 aromatic carbocycles. The van der Waals surface area contributed by atoms with Gasteiger partial charge in [0.05, 0.1) is 27.7 Å². The molecule has 0 aliphatic rings. The molecular weight excluding hydrogens is 477 g/mol. The van der Waals surface area contributed by atoms with Gasteiger partial charge in [0.1, 0.15) is 0 Å². The van der Waals surface area contributed by atoms with Crippen molar-refractivity contribution in [3.63, 3.8) is 0 Å². The zero-order chi connectivity index (χ0) is 20.1. The number of hydrogen-bond donors (Lipinski definition) is 2. The third kappa shape index (κ3) is 5.88. The van der Waals surface area contributed by atoms with Crippen LogP contribution in [0.3, 0.4) is 0 Å². The molecule has 28 heavy (non-hydrogen) atoms. The van der Waals surface area contributed by atoms with Gasteiger partial charge in [-0.15, -0.1) is 22.7 Å². The molecule has 0 unspecified atom stereocenters. The molecule has 146 valence electrons. The molecule has 0 saturated carbocycles. The Morgan fingerprint density at radius 2 is 2.11 bits per heavy atom. The molecule has 11 heteroatoms. The Labute approximate surface area is 174 Å². The molecule has 0 spiro atoms. The molecule has 2 heterocycles. The fourth-order valence-corrected chi connectivity index (χ4v) is 4.14. The zero-order valence-corrected chi connectivity index (χ0v) is 17.2. The van der Waals surface area contributed by atoms with Crippen LogP contribution in [0.2, 0.25) is 0 Å². The highest BCUT2D eigenvalue weighted by Crippen LogP contribution is 2.31. The van der Waals surface area contributed by atoms with Gasteiger partial charge in [0, 0.05) is 15.9 Å². The number of hydrazone groups is 1. The van der Waals surface area contributed by atoms with Crippen LogP contribution in [0.15, 0.2) is 50.7 Å². The predicted molar refractivity (Wildman–Crippen MR) is 108 cm³/mol. The number of thiazole rings is 1. The van der Waals surface area contributed by atoms with Crippen molar-refractivity contribution < 1.29 is 18.0 Å². The molecule has 2 N–H and O–H groups in total. The van der Waals surface area contributed by atoms with E-state index in [1.807, 2.05) is 12.1 Å². The minimum atomic E-state index is -4.41. The number of nitrogens with zero attached hydrogens (tertiary/aromatic N) is 2. The summed E-state index contributed by atoms with van der Waals surface area (Å²) in [4.78, 5) is 17.0. The summed E-state index contributed by atoms with van der Waals surface area (Å²) >= 11 is 6.01. The molecule has 0 bridgehead atoms. The van der Waals surface area contributed by atoms with Crippen molar-refractivity contribution in [2.75, 3.05) is 5.32 Å². The predicted octanol–water partition coefficient (Wildman–Crippen LogP) is 5.42. The second-order valence-corrected chi connectivity index (χ2v) is 8.81. The summed E-state index contributed by atoms with van der Waals surface area (Å²) in [5.41, 5.74) is 2.43. The lowest BCUT2D eigenvalue weighted by Gasteiger charge is -2.08. The highest BCUT2D eigenvalue weighted by Gasteiger charge is 2.30. The number of rotatable bonds is 6. The number of carbonyl (C=O) groups excluding carboxylic acids is 1. The highest BCUT2D eigenvalue weighted by molar-refractivity contribution is 9.11. The minimum absolute atomic E-state index is 0.00620. The fourth-order valence-electron chi connectivity index (χ4n) is 2.11. The van der Waals surface area contributed by atoms with Crippen molar-refractivity contribution in [1.29, 1.82) is 0 Å². The molecule has 2 aromatic heterocycles. The van der Waals surface area contributed by atoms with Crippen molar-refractivity contribution in [2.24, 2.45) is 5.10 Å². The first-order chi connectivity index (χ1) is 13.3. The number of carbonyl (C=O) groups is 1. The lowest BCUT2D eigenvalue weighted by molar-refractivity contribution is -0.137. The Kier molecular flexibility index (Phi) is 6.47. The molecule has 3 aromatic rings. The van der Waals surface area contributed by atoms with Crippen molar-refractivity contribution in [3.05, 3.63) is 61.7 Å². The summed E-state index contributed by atoms with van der Waals surface area (Å²) in [6, 6.07) is 8.57. The van der Waals surface area contributed by atoms with Crippen LogP contribution >= 0.6 is 38.6 Å². The maximum atomic E-state index is 12.8. The fraction of sp³-hybridized carbons (Fsp3) is 0.118. The topological polar surface area (TPSA) is 66.4 Å². The van der Waals surface area contributed by atoms with Crippen molar-refractivity contribution in [2.45, 2.75) is 12.6 Å². The first-order valence-corrected chi connectivity index (χ1v) is 10.2. The van der Waals surface area contributed by atoms with E-state index in [1.165, 1.54) is 41.0 Å². The number of amides is 1. The quantitative estimate of drug-likeness (QED) is 0.359. The number of thiophene rings is 1. The van der Waals surface area contributed by atoms with Gasteiger partial charge in [-0.05, 0) is 46.3 Å². The second kappa shape index (κ2) is 8.84. The lowest BCUT2D eigenvalue weighted by Crippen LogP contribution is -2.19. The second-order valence-electron chi connectivity index (χ2n) is 5.46. The van der Waals surface area contributed by atoms with Crippen LogP contribution in [-0.4, -0.2) is 17.1 Å². The van der Waals surface area contributed by atoms with E-state index in [0.29, 0.717) is 10.8 Å². The summed E-state index contributed by atoms with van der Waals surface area (Å²) in [6.45, 7) is 0. The number of anilines is 2. The van der Waals surface area contributed by atoms with Crippen LogP contribution in [0, 0.1) is 0 Å². The summed E-state index contributed by atoms with van der Waals surface area (Å²) < 4.78 is 39.3. The normalized spacial score (nSPS) is 11.7. The minimum Gasteiger partial charge on any atom is -0.332 e. The van der Waals surface area contributed by atoms with E-state index in [4.69, 9.17) is 0 Å². The number of benzene rings is 1. The summed E-state index contributed by atoms with van der Waals surface area (Å²) in [5, 5.41) is 8.76. The summed E-state index contributed by atoms with van der Waals surface area (Å²) in [7, 11) is 0. The van der Waals surface area contributed by atoms with E-state index in [9.17, 15) is 18.0 Å². The van der Waals surface area contributed by atoms with Crippen LogP contribution in [0.5, 0.6) is 0 Å². The number of halogens is 4. The Morgan fingerprint density at radius 3 is 2.82 bits per heavy atom. The first kappa shape index (κ1) is 20.5. The monoisotopic (exact) mass is 488 g/mol. The SMILES string of the molecule is O=C(Cc1csc(Nc2cccc(C(F)(F)F)c2)n1)N/N=C\c1ccc(Br)s1. The molecule has 0 fully saturated rings. The van der Waals surface area contributed by atoms with Gasteiger partial charge in [-0.1, -0.05) is 6.07 Å². The van der Waals surface area contributed by atoms with E-state index in [-0.39, 0.29) is 18.0 Å². The van der Waals surface area contributed by atoms with Crippen LogP contribution < -0.4 is 10.7 Å². The number of nitrogens with one attached hydrogen (secondary N) is 2. The zero-order valence-electron chi connectivity index (χ0n) is 14.0. The molecule has 0 atom stereocenters. The van der Waals surface area contributed by atoms with Gasteiger partial charge in [0.15, 0.2) is 5.13 Å². The van der Waals surface area contributed by atoms with Gasteiger partial charge in [-0.25, -0.2) is 10.4 Å². The third-order valence-electron chi connectivity index (χ3n) is 3.31. The summed E-state index contributed by atoms with van der Waals surface area (Å²) in [6.07, 6.45) is -2.87. The largest absolute Gasteiger partial charge is 0.416 e. The summed E-state index contributed by atoms with van der Waals surface area (Å²) in [5.74, 6) is -0.345. The van der Waals surface area contributed by atoms with Crippen molar-refractivity contribution >= 4 is 61.5 Å². The maximum Gasteiger partial charge on any atom is 0.416 e. The highest BCUT2D eigenvalue weighted by atomic mass is 79.9. The van der Waals surface area contributed by atoms with Crippen LogP contribution in [0.25, 0.3) is 0 Å². The molecule has 0 aliphatic carbocycles. The average Bonchev–Trinajstić information content (AvgIpc) is 3.23. The Bertz CT molecular complexity index is 1000. The molecular formula is C17H12BrF3N4OS2. The van der Waals surface area contributed by atoms with Crippen LogP contribution in [0.4, 0.5) is 24.0 Å². The van der Waals surface area contributed by atoms with E-state index < -0.39 is 11.7 Å². The number of aromatic nitrogens is 1. The van der Waals surface area contributed by atoms with Crippen molar-refractivity contribution in [3.8, 4) is 0 Å². The van der Waals surface area contributed by atoms with E-state index >= 15 is 0 Å². The van der Waals surface area contributed by atoms with Gasteiger partial charge in [0.25, 0.3) is 0 Å². The van der Waals surface area contributed by atoms with E-state index in [2.05, 4.69) is 36.8 Å². The van der Waals surface area contributed by atoms with Crippen LogP contribution in [0.1, 0.15) is 16.1 Å². The molecule has 0 radical (unpaired) electrons. The van der Waals surface area contributed by atoms with Gasteiger partial charge < -0.3 is 5.32 Å². The van der Waals surface area contributed by atoms with Crippen LogP contribution in [-0.2, 0) is 17.4 Å². The third-order valence-corrected chi connectivity index (χ3v) is 5.67. The maximum absolute atomic E-state index is 12.8. The molecule has 0 saturated heterocycles. The molecule has 5 nitrogen and oxygen atoms in total. The molecule has 0 aliphatic heterocycles. The Morgan fingerprint density at radius 1 is 1.29 bits per heavy atom. The van der Waals surface area contributed by atoms with Gasteiger partial charge in [0.2, 0.25) is 5.91 Å². The number of alkyl halides is 3. The Balaban J connectivity index is 1.55. The smallest absolute Gasteiger partial charge is 0.332 e. The van der Waals surface area contributed by atoms with Gasteiger partial charge in [-0.2, -0.15) is 18.3 Å². The molecule has 3 rings (SSSR count). The number of hydrogen-bond acceptors (Lipinski definition) is 6. The van der Waals surface area contributed by atoms with Crippen molar-refractivity contribution in [1.82, 2.24) is 10.4 Å². The average molecular weight is 489 g/mol. The van der Waals surface area contributed by atoms with Gasteiger partial charge >= 0.3 is 6.18 Å². The van der Waals surface area contributed by atoms with Gasteiger partial charge in [-0.3, -0.25) is 4.79 Å².